The molecule has 0 aromatic carbocycles. The van der Waals surface area contributed by atoms with E-state index in [1.54, 1.807) is 24.5 Å². The average molecular weight is 309 g/mol. The normalized spacial score (nSPS) is 28.6. The van der Waals surface area contributed by atoms with Gasteiger partial charge in [-0.1, -0.05) is 0 Å². The van der Waals surface area contributed by atoms with Crippen LogP contribution >= 0.6 is 0 Å². The van der Waals surface area contributed by atoms with Crippen molar-refractivity contribution in [2.24, 2.45) is 5.41 Å². The van der Waals surface area contributed by atoms with E-state index < -0.39 is 10.0 Å². The first-order chi connectivity index (χ1) is 9.87. The maximum absolute atomic E-state index is 12.4. The van der Waals surface area contributed by atoms with E-state index in [9.17, 15) is 13.2 Å². The molecule has 2 fully saturated rings. The summed E-state index contributed by atoms with van der Waals surface area (Å²) in [6.07, 6.45) is 7.00. The van der Waals surface area contributed by atoms with Gasteiger partial charge < -0.3 is 4.90 Å². The number of likely N-dealkylation sites (tertiary alicyclic amines) is 1. The van der Waals surface area contributed by atoms with Gasteiger partial charge in [-0.2, -0.15) is 0 Å². The molecule has 21 heavy (non-hydrogen) atoms. The van der Waals surface area contributed by atoms with E-state index in [1.807, 2.05) is 4.90 Å². The Kier molecular flexibility index (Phi) is 3.49. The summed E-state index contributed by atoms with van der Waals surface area (Å²) in [4.78, 5) is 18.2. The largest absolute Gasteiger partial charge is 0.338 e. The lowest BCUT2D eigenvalue weighted by molar-refractivity contribution is 0.0688. The van der Waals surface area contributed by atoms with Crippen LogP contribution in [0.2, 0.25) is 0 Å². The number of hydrogen-bond donors (Lipinski definition) is 1. The number of nitrogens with one attached hydrogen (secondary N) is 1. The van der Waals surface area contributed by atoms with E-state index >= 15 is 0 Å². The van der Waals surface area contributed by atoms with E-state index in [4.69, 9.17) is 0 Å². The SMILES string of the molecule is CS(=O)(=O)NC1CC2(CCN(C(=O)c3cccnc3)C2)C1. The molecular formula is C14H19N3O3S. The van der Waals surface area contributed by atoms with E-state index in [1.165, 1.54) is 6.26 Å². The molecule has 1 spiro atoms. The summed E-state index contributed by atoms with van der Waals surface area (Å²) in [6.45, 7) is 1.45. The fourth-order valence-corrected chi connectivity index (χ4v) is 4.26. The molecule has 0 atom stereocenters. The molecule has 0 radical (unpaired) electrons. The van der Waals surface area contributed by atoms with Crippen molar-refractivity contribution in [1.82, 2.24) is 14.6 Å². The van der Waals surface area contributed by atoms with E-state index in [-0.39, 0.29) is 17.4 Å². The maximum atomic E-state index is 12.4. The van der Waals surface area contributed by atoms with E-state index in [0.29, 0.717) is 12.1 Å². The highest BCUT2D eigenvalue weighted by atomic mass is 32.2. The van der Waals surface area contributed by atoms with Gasteiger partial charge in [0.05, 0.1) is 11.8 Å². The molecule has 3 rings (SSSR count). The summed E-state index contributed by atoms with van der Waals surface area (Å²) in [7, 11) is -3.14. The third-order valence-electron chi connectivity index (χ3n) is 4.37. The second kappa shape index (κ2) is 5.06. The highest BCUT2D eigenvalue weighted by Crippen LogP contribution is 2.48. The van der Waals surface area contributed by atoms with Crippen LogP contribution < -0.4 is 4.72 Å². The molecule has 114 valence electrons. The topological polar surface area (TPSA) is 79.4 Å². The molecule has 7 heteroatoms. The van der Waals surface area contributed by atoms with Gasteiger partial charge in [0.15, 0.2) is 0 Å². The molecule has 0 bridgehead atoms. The molecule has 1 aromatic rings. The second-order valence-corrected chi connectivity index (χ2v) is 7.99. The summed E-state index contributed by atoms with van der Waals surface area (Å²) in [5.74, 6) is 0.0134. The van der Waals surface area contributed by atoms with Crippen LogP contribution in [0.15, 0.2) is 24.5 Å². The molecule has 1 saturated carbocycles. The van der Waals surface area contributed by atoms with Crippen molar-refractivity contribution in [2.75, 3.05) is 19.3 Å². The van der Waals surface area contributed by atoms with Gasteiger partial charge in [-0.25, -0.2) is 13.1 Å². The molecule has 1 aromatic heterocycles. The number of nitrogens with zero attached hydrogens (tertiary/aromatic N) is 2. The Balaban J connectivity index is 1.59. The zero-order chi connectivity index (χ0) is 15.1. The molecule has 2 heterocycles. The molecule has 1 amide bonds. The Morgan fingerprint density at radius 3 is 2.86 bits per heavy atom. The Bertz CT molecular complexity index is 639. The highest BCUT2D eigenvalue weighted by molar-refractivity contribution is 7.88. The van der Waals surface area contributed by atoms with Gasteiger partial charge in [-0.3, -0.25) is 9.78 Å². The van der Waals surface area contributed by atoms with Crippen molar-refractivity contribution < 1.29 is 13.2 Å². The number of carbonyl (C=O) groups is 1. The van der Waals surface area contributed by atoms with Crippen LogP contribution in [0.25, 0.3) is 0 Å². The molecule has 1 aliphatic heterocycles. The number of carbonyl (C=O) groups excluding carboxylic acids is 1. The van der Waals surface area contributed by atoms with Crippen molar-refractivity contribution in [1.29, 1.82) is 0 Å². The molecule has 2 aliphatic rings. The molecular weight excluding hydrogens is 290 g/mol. The Labute approximate surface area is 124 Å². The van der Waals surface area contributed by atoms with Gasteiger partial charge in [-0.05, 0) is 36.8 Å². The monoisotopic (exact) mass is 309 g/mol. The standard InChI is InChI=1S/C14H19N3O3S/c1-21(19,20)16-12-7-14(8-12)4-6-17(10-14)13(18)11-3-2-5-15-9-11/h2-3,5,9,12,16H,4,6-8,10H2,1H3. The van der Waals surface area contributed by atoms with Gasteiger partial charge in [-0.15, -0.1) is 0 Å². The smallest absolute Gasteiger partial charge is 0.255 e. The van der Waals surface area contributed by atoms with Crippen LogP contribution in [-0.2, 0) is 10.0 Å². The van der Waals surface area contributed by atoms with E-state index in [2.05, 4.69) is 9.71 Å². The van der Waals surface area contributed by atoms with Crippen molar-refractivity contribution in [2.45, 2.75) is 25.3 Å². The Hall–Kier alpha value is -1.47. The minimum Gasteiger partial charge on any atom is -0.338 e. The summed E-state index contributed by atoms with van der Waals surface area (Å²) in [5, 5.41) is 0. The number of amides is 1. The second-order valence-electron chi connectivity index (χ2n) is 6.21. The molecule has 1 aliphatic carbocycles. The lowest BCUT2D eigenvalue weighted by Crippen LogP contribution is -2.51. The van der Waals surface area contributed by atoms with Crippen molar-refractivity contribution >= 4 is 15.9 Å². The van der Waals surface area contributed by atoms with Crippen LogP contribution in [0.5, 0.6) is 0 Å². The first-order valence-electron chi connectivity index (χ1n) is 7.04. The zero-order valence-corrected chi connectivity index (χ0v) is 12.8. The number of aromatic nitrogens is 1. The summed E-state index contributed by atoms with van der Waals surface area (Å²) >= 11 is 0. The van der Waals surface area contributed by atoms with E-state index in [0.717, 1.165) is 25.8 Å². The average Bonchev–Trinajstić information content (AvgIpc) is 2.82. The minimum atomic E-state index is -3.14. The number of rotatable bonds is 3. The summed E-state index contributed by atoms with van der Waals surface area (Å²) in [5.41, 5.74) is 0.708. The van der Waals surface area contributed by atoms with Crippen LogP contribution in [0.3, 0.4) is 0 Å². The number of pyridine rings is 1. The van der Waals surface area contributed by atoms with Crippen molar-refractivity contribution in [3.63, 3.8) is 0 Å². The predicted molar refractivity (Wildman–Crippen MR) is 78.2 cm³/mol. The lowest BCUT2D eigenvalue weighted by Gasteiger charge is -2.45. The maximum Gasteiger partial charge on any atom is 0.255 e. The fourth-order valence-electron chi connectivity index (χ4n) is 3.49. The van der Waals surface area contributed by atoms with Crippen LogP contribution in [-0.4, -0.2) is 49.6 Å². The minimum absolute atomic E-state index is 0.0134. The quantitative estimate of drug-likeness (QED) is 0.888. The molecule has 1 saturated heterocycles. The van der Waals surface area contributed by atoms with Gasteiger partial charge in [0.2, 0.25) is 10.0 Å². The molecule has 1 N–H and O–H groups in total. The Morgan fingerprint density at radius 2 is 2.24 bits per heavy atom. The fraction of sp³-hybridized carbons (Fsp3) is 0.571. The molecule has 6 nitrogen and oxygen atoms in total. The van der Waals surface area contributed by atoms with Crippen LogP contribution in [0, 0.1) is 5.41 Å². The Morgan fingerprint density at radius 1 is 1.48 bits per heavy atom. The van der Waals surface area contributed by atoms with Crippen molar-refractivity contribution in [3.8, 4) is 0 Å². The first-order valence-corrected chi connectivity index (χ1v) is 8.93. The van der Waals surface area contributed by atoms with Gasteiger partial charge in [0.1, 0.15) is 0 Å². The van der Waals surface area contributed by atoms with Gasteiger partial charge >= 0.3 is 0 Å². The van der Waals surface area contributed by atoms with Crippen molar-refractivity contribution in [3.05, 3.63) is 30.1 Å². The van der Waals surface area contributed by atoms with Gasteiger partial charge in [0, 0.05) is 31.5 Å². The van der Waals surface area contributed by atoms with Crippen LogP contribution in [0.4, 0.5) is 0 Å². The lowest BCUT2D eigenvalue weighted by atomic mass is 9.65. The number of sulfonamides is 1. The zero-order valence-electron chi connectivity index (χ0n) is 11.9. The summed E-state index contributed by atoms with van der Waals surface area (Å²) in [6, 6.07) is 3.55. The van der Waals surface area contributed by atoms with Crippen LogP contribution in [0.1, 0.15) is 29.6 Å². The number of hydrogen-bond acceptors (Lipinski definition) is 4. The predicted octanol–water partition coefficient (Wildman–Crippen LogP) is 0.625. The highest BCUT2D eigenvalue weighted by Gasteiger charge is 2.50. The third-order valence-corrected chi connectivity index (χ3v) is 5.14. The third kappa shape index (κ3) is 3.08. The van der Waals surface area contributed by atoms with Gasteiger partial charge in [0.25, 0.3) is 5.91 Å². The first kappa shape index (κ1) is 14.5. The molecule has 0 unspecified atom stereocenters. The summed E-state index contributed by atoms with van der Waals surface area (Å²) < 4.78 is 25.1.